The number of pyridine rings is 1. The van der Waals surface area contributed by atoms with Gasteiger partial charge in [-0.3, -0.25) is 15.1 Å². The molecule has 0 spiro atoms. The van der Waals surface area contributed by atoms with Gasteiger partial charge in [-0.2, -0.15) is 9.97 Å². The van der Waals surface area contributed by atoms with Crippen LogP contribution in [0.25, 0.3) is 0 Å². The van der Waals surface area contributed by atoms with E-state index >= 15 is 0 Å². The van der Waals surface area contributed by atoms with Crippen LogP contribution in [0.4, 0.5) is 5.69 Å². The molecule has 2 aromatic rings. The molecule has 0 fully saturated rings. The number of nitro groups is 1. The van der Waals surface area contributed by atoms with Crippen LogP contribution in [0.2, 0.25) is 0 Å². The fourth-order valence-electron chi connectivity index (χ4n) is 1.01. The van der Waals surface area contributed by atoms with Crippen LogP contribution < -0.4 is 4.74 Å². The molecule has 2 aromatic heterocycles. The summed E-state index contributed by atoms with van der Waals surface area (Å²) in [5.41, 5.74) is -0.190. The number of halogens is 1. The highest BCUT2D eigenvalue weighted by Gasteiger charge is 2.08. The van der Waals surface area contributed by atoms with Gasteiger partial charge in [-0.1, -0.05) is 0 Å². The van der Waals surface area contributed by atoms with Crippen molar-refractivity contribution >= 4 is 21.6 Å². The topological polar surface area (TPSA) is 91.0 Å². The molecule has 0 aliphatic carbocycles. The summed E-state index contributed by atoms with van der Waals surface area (Å²) in [6.07, 6.45) is 5.24. The van der Waals surface area contributed by atoms with Gasteiger partial charge in [-0.05, 0) is 22.0 Å². The van der Waals surface area contributed by atoms with Gasteiger partial charge in [0, 0.05) is 10.7 Å². The standard InChI is InChI=1S/C9H5BrN4O3/c10-6-1-8(5-11-2-6)17-9-12-3-7(4-13-9)14(15)16/h1-5H. The molecule has 0 aliphatic heterocycles. The molecule has 7 nitrogen and oxygen atoms in total. The van der Waals surface area contributed by atoms with E-state index in [-0.39, 0.29) is 11.7 Å². The van der Waals surface area contributed by atoms with Crippen LogP contribution in [0.3, 0.4) is 0 Å². The Kier molecular flexibility index (Phi) is 3.24. The zero-order valence-electron chi connectivity index (χ0n) is 8.28. The summed E-state index contributed by atoms with van der Waals surface area (Å²) in [5.74, 6) is 0.438. The maximum atomic E-state index is 10.4. The minimum atomic E-state index is -0.579. The number of rotatable bonds is 3. The highest BCUT2D eigenvalue weighted by molar-refractivity contribution is 9.10. The van der Waals surface area contributed by atoms with E-state index in [4.69, 9.17) is 4.74 Å². The molecule has 8 heteroatoms. The van der Waals surface area contributed by atoms with Gasteiger partial charge in [0.1, 0.15) is 12.4 Å². The van der Waals surface area contributed by atoms with E-state index < -0.39 is 4.92 Å². The zero-order valence-corrected chi connectivity index (χ0v) is 9.86. The first-order chi connectivity index (χ1) is 8.15. The predicted octanol–water partition coefficient (Wildman–Crippen LogP) is 2.33. The smallest absolute Gasteiger partial charge is 0.322 e. The molecule has 0 aliphatic rings. The van der Waals surface area contributed by atoms with E-state index in [9.17, 15) is 10.1 Å². The lowest BCUT2D eigenvalue weighted by molar-refractivity contribution is -0.385. The first kappa shape index (κ1) is 11.4. The second-order valence-corrected chi connectivity index (χ2v) is 3.84. The highest BCUT2D eigenvalue weighted by Crippen LogP contribution is 2.20. The van der Waals surface area contributed by atoms with Gasteiger partial charge in [0.25, 0.3) is 0 Å². The summed E-state index contributed by atoms with van der Waals surface area (Å²) in [6.45, 7) is 0. The van der Waals surface area contributed by atoms with Crippen molar-refractivity contribution in [1.82, 2.24) is 15.0 Å². The van der Waals surface area contributed by atoms with Crippen molar-refractivity contribution in [3.05, 3.63) is 45.4 Å². The van der Waals surface area contributed by atoms with Crippen molar-refractivity contribution in [2.24, 2.45) is 0 Å². The highest BCUT2D eigenvalue weighted by atomic mass is 79.9. The van der Waals surface area contributed by atoms with E-state index in [1.807, 2.05) is 0 Å². The Labute approximate surface area is 104 Å². The van der Waals surface area contributed by atoms with Gasteiger partial charge in [0.2, 0.25) is 0 Å². The Balaban J connectivity index is 2.16. The van der Waals surface area contributed by atoms with E-state index in [0.717, 1.165) is 16.9 Å². The molecule has 2 rings (SSSR count). The Morgan fingerprint density at radius 1 is 1.24 bits per heavy atom. The largest absolute Gasteiger partial charge is 0.423 e. The fourth-order valence-corrected chi connectivity index (χ4v) is 1.35. The van der Waals surface area contributed by atoms with E-state index in [1.54, 1.807) is 12.3 Å². The van der Waals surface area contributed by atoms with E-state index in [2.05, 4.69) is 30.9 Å². The molecule has 0 saturated heterocycles. The SMILES string of the molecule is O=[N+]([O-])c1cnc(Oc2cncc(Br)c2)nc1. The lowest BCUT2D eigenvalue weighted by atomic mass is 10.5. The third-order valence-electron chi connectivity index (χ3n) is 1.71. The van der Waals surface area contributed by atoms with Crippen molar-refractivity contribution in [3.63, 3.8) is 0 Å². The van der Waals surface area contributed by atoms with Crippen LogP contribution in [0, 0.1) is 10.1 Å². The van der Waals surface area contributed by atoms with Crippen LogP contribution in [0.1, 0.15) is 0 Å². The second-order valence-electron chi connectivity index (χ2n) is 2.92. The van der Waals surface area contributed by atoms with Crippen LogP contribution in [-0.4, -0.2) is 19.9 Å². The summed E-state index contributed by atoms with van der Waals surface area (Å²) < 4.78 is 6.00. The van der Waals surface area contributed by atoms with Crippen LogP contribution in [-0.2, 0) is 0 Å². The zero-order chi connectivity index (χ0) is 12.3. The number of aromatic nitrogens is 3. The van der Waals surface area contributed by atoms with Crippen molar-refractivity contribution in [2.75, 3.05) is 0 Å². The first-order valence-electron chi connectivity index (χ1n) is 4.40. The van der Waals surface area contributed by atoms with Crippen LogP contribution in [0.5, 0.6) is 11.8 Å². The summed E-state index contributed by atoms with van der Waals surface area (Å²) >= 11 is 3.23. The molecule has 17 heavy (non-hydrogen) atoms. The molecule has 0 N–H and O–H groups in total. The molecular weight excluding hydrogens is 292 g/mol. The van der Waals surface area contributed by atoms with Crippen LogP contribution >= 0.6 is 15.9 Å². The molecule has 0 saturated carbocycles. The molecule has 2 heterocycles. The Hall–Kier alpha value is -2.09. The number of nitrogens with zero attached hydrogens (tertiary/aromatic N) is 4. The van der Waals surface area contributed by atoms with Gasteiger partial charge in [-0.25, -0.2) is 0 Å². The molecule has 0 bridgehead atoms. The summed E-state index contributed by atoms with van der Waals surface area (Å²) in [5, 5.41) is 10.4. The van der Waals surface area contributed by atoms with Crippen LogP contribution in [0.15, 0.2) is 35.3 Å². The third-order valence-corrected chi connectivity index (χ3v) is 2.15. The summed E-state index contributed by atoms with van der Waals surface area (Å²) in [7, 11) is 0. The average molecular weight is 297 g/mol. The molecule has 0 atom stereocenters. The summed E-state index contributed by atoms with van der Waals surface area (Å²) in [4.78, 5) is 21.1. The van der Waals surface area contributed by atoms with Crippen molar-refractivity contribution in [2.45, 2.75) is 0 Å². The Morgan fingerprint density at radius 2 is 1.94 bits per heavy atom. The quantitative estimate of drug-likeness (QED) is 0.638. The van der Waals surface area contributed by atoms with Gasteiger partial charge >= 0.3 is 11.7 Å². The second kappa shape index (κ2) is 4.83. The molecular formula is C9H5BrN4O3. The third kappa shape index (κ3) is 2.94. The normalized spacial score (nSPS) is 9.94. The summed E-state index contributed by atoms with van der Waals surface area (Å²) in [6, 6.07) is 1.70. The number of hydrogen-bond acceptors (Lipinski definition) is 6. The van der Waals surface area contributed by atoms with Gasteiger partial charge < -0.3 is 4.74 Å². The van der Waals surface area contributed by atoms with Gasteiger partial charge in [0.15, 0.2) is 5.75 Å². The maximum Gasteiger partial charge on any atom is 0.322 e. The minimum absolute atomic E-state index is 0.0236. The fraction of sp³-hybridized carbons (Fsp3) is 0. The number of ether oxygens (including phenoxy) is 1. The molecule has 0 amide bonds. The first-order valence-corrected chi connectivity index (χ1v) is 5.19. The molecule has 0 aromatic carbocycles. The van der Waals surface area contributed by atoms with Crippen molar-refractivity contribution < 1.29 is 9.66 Å². The van der Waals surface area contributed by atoms with E-state index in [0.29, 0.717) is 5.75 Å². The van der Waals surface area contributed by atoms with Gasteiger partial charge in [0.05, 0.1) is 11.1 Å². The van der Waals surface area contributed by atoms with E-state index in [1.165, 1.54) is 6.20 Å². The Bertz CT molecular complexity index is 546. The Morgan fingerprint density at radius 3 is 2.53 bits per heavy atom. The predicted molar refractivity (Wildman–Crippen MR) is 60.7 cm³/mol. The monoisotopic (exact) mass is 296 g/mol. The molecule has 0 radical (unpaired) electrons. The lowest BCUT2D eigenvalue weighted by Gasteiger charge is -2.02. The number of hydrogen-bond donors (Lipinski definition) is 0. The van der Waals surface area contributed by atoms with Gasteiger partial charge in [-0.15, -0.1) is 0 Å². The molecule has 86 valence electrons. The maximum absolute atomic E-state index is 10.4. The lowest BCUT2D eigenvalue weighted by Crippen LogP contribution is -1.94. The van der Waals surface area contributed by atoms with Crippen molar-refractivity contribution in [1.29, 1.82) is 0 Å². The molecule has 0 unspecified atom stereocenters. The van der Waals surface area contributed by atoms with Crippen molar-refractivity contribution in [3.8, 4) is 11.8 Å². The minimum Gasteiger partial charge on any atom is -0.423 e. The average Bonchev–Trinajstić information content (AvgIpc) is 2.29.